The van der Waals surface area contributed by atoms with Gasteiger partial charge < -0.3 is 0 Å². The minimum atomic E-state index is -0.194. The molecule has 3 heteroatoms. The van der Waals surface area contributed by atoms with E-state index in [0.717, 1.165) is 18.5 Å². The third-order valence-electron chi connectivity index (χ3n) is 2.33. The summed E-state index contributed by atoms with van der Waals surface area (Å²) >= 11 is 0. The van der Waals surface area contributed by atoms with Gasteiger partial charge in [-0.1, -0.05) is 30.3 Å². The van der Waals surface area contributed by atoms with Crippen LogP contribution in [-0.4, -0.2) is 12.3 Å². The van der Waals surface area contributed by atoms with Crippen LogP contribution in [0.2, 0.25) is 0 Å². The van der Waals surface area contributed by atoms with E-state index in [1.54, 1.807) is 0 Å². The van der Waals surface area contributed by atoms with Crippen LogP contribution in [0.15, 0.2) is 30.3 Å². The summed E-state index contributed by atoms with van der Waals surface area (Å²) in [6.07, 6.45) is 4.19. The maximum absolute atomic E-state index is 8.60. The molecule has 0 saturated heterocycles. The standard InChI is InChI=1S/C13H15N2P/c14-8-4-10-16(11-5-9-15)12-13-6-2-1-3-7-13/h1-3,6-7H,4-5,10-12H2. The lowest BCUT2D eigenvalue weighted by atomic mass is 10.2. The van der Waals surface area contributed by atoms with E-state index >= 15 is 0 Å². The van der Waals surface area contributed by atoms with Crippen molar-refractivity contribution in [1.29, 1.82) is 10.5 Å². The molecular formula is C13H15N2P. The lowest BCUT2D eigenvalue weighted by Gasteiger charge is -2.14. The van der Waals surface area contributed by atoms with Gasteiger partial charge in [0.1, 0.15) is 0 Å². The number of nitrogens with zero attached hydrogens (tertiary/aromatic N) is 2. The Balaban J connectivity index is 2.50. The highest BCUT2D eigenvalue weighted by molar-refractivity contribution is 7.56. The molecule has 0 bridgehead atoms. The second kappa shape index (κ2) is 7.86. The summed E-state index contributed by atoms with van der Waals surface area (Å²) in [6, 6.07) is 14.7. The summed E-state index contributed by atoms with van der Waals surface area (Å²) in [5, 5.41) is 17.2. The quantitative estimate of drug-likeness (QED) is 0.702. The fraction of sp³-hybridized carbons (Fsp3) is 0.385. The molecule has 16 heavy (non-hydrogen) atoms. The van der Waals surface area contributed by atoms with Crippen LogP contribution in [0.5, 0.6) is 0 Å². The first-order valence-corrected chi connectivity index (χ1v) is 7.26. The predicted octanol–water partition coefficient (Wildman–Crippen LogP) is 3.50. The Labute approximate surface area is 98.3 Å². The topological polar surface area (TPSA) is 47.6 Å². The molecule has 0 aliphatic carbocycles. The summed E-state index contributed by atoms with van der Waals surface area (Å²) in [4.78, 5) is 0. The fourth-order valence-corrected chi connectivity index (χ4v) is 3.63. The molecule has 0 saturated carbocycles. The molecular weight excluding hydrogens is 215 g/mol. The van der Waals surface area contributed by atoms with Crippen molar-refractivity contribution in [3.05, 3.63) is 35.9 Å². The van der Waals surface area contributed by atoms with E-state index in [-0.39, 0.29) is 7.92 Å². The molecule has 0 heterocycles. The lowest BCUT2D eigenvalue weighted by Crippen LogP contribution is -1.93. The first-order chi connectivity index (χ1) is 7.86. The van der Waals surface area contributed by atoms with E-state index in [0.29, 0.717) is 12.8 Å². The number of hydrogen-bond acceptors (Lipinski definition) is 2. The van der Waals surface area contributed by atoms with Crippen LogP contribution in [0.3, 0.4) is 0 Å². The van der Waals surface area contributed by atoms with Crippen LogP contribution >= 0.6 is 7.92 Å². The van der Waals surface area contributed by atoms with Crippen molar-refractivity contribution in [2.75, 3.05) is 12.3 Å². The van der Waals surface area contributed by atoms with Gasteiger partial charge in [-0.3, -0.25) is 0 Å². The van der Waals surface area contributed by atoms with Gasteiger partial charge in [0.2, 0.25) is 0 Å². The minimum absolute atomic E-state index is 0.194. The summed E-state index contributed by atoms with van der Waals surface area (Å²) < 4.78 is 0. The molecule has 0 aliphatic heterocycles. The average Bonchev–Trinajstić information content (AvgIpc) is 2.34. The third-order valence-corrected chi connectivity index (χ3v) is 4.85. The number of rotatable bonds is 6. The first-order valence-electron chi connectivity index (χ1n) is 5.37. The Morgan fingerprint density at radius 2 is 1.50 bits per heavy atom. The number of hydrogen-bond donors (Lipinski definition) is 0. The SMILES string of the molecule is N#CCCP(CCC#N)Cc1ccccc1. The molecule has 0 spiro atoms. The van der Waals surface area contributed by atoms with Gasteiger partial charge in [-0.25, -0.2) is 0 Å². The molecule has 1 aromatic rings. The summed E-state index contributed by atoms with van der Waals surface area (Å²) in [5.41, 5.74) is 1.32. The minimum Gasteiger partial charge on any atom is -0.198 e. The summed E-state index contributed by atoms with van der Waals surface area (Å²) in [7, 11) is -0.194. The highest BCUT2D eigenvalue weighted by Gasteiger charge is 2.08. The monoisotopic (exact) mass is 230 g/mol. The highest BCUT2D eigenvalue weighted by atomic mass is 31.1. The molecule has 0 amide bonds. The van der Waals surface area contributed by atoms with Crippen LogP contribution in [0, 0.1) is 22.7 Å². The van der Waals surface area contributed by atoms with Crippen molar-refractivity contribution in [3.63, 3.8) is 0 Å². The van der Waals surface area contributed by atoms with E-state index in [1.165, 1.54) is 5.56 Å². The third kappa shape index (κ3) is 4.92. The van der Waals surface area contributed by atoms with E-state index in [4.69, 9.17) is 10.5 Å². The fourth-order valence-electron chi connectivity index (χ4n) is 1.53. The second-order valence-corrected chi connectivity index (χ2v) is 6.13. The Morgan fingerprint density at radius 3 is 2.00 bits per heavy atom. The van der Waals surface area contributed by atoms with Crippen molar-refractivity contribution in [2.24, 2.45) is 0 Å². The molecule has 0 aliphatic rings. The zero-order valence-electron chi connectivity index (χ0n) is 9.26. The molecule has 0 N–H and O–H groups in total. The molecule has 0 radical (unpaired) electrons. The predicted molar refractivity (Wildman–Crippen MR) is 67.3 cm³/mol. The van der Waals surface area contributed by atoms with Crippen LogP contribution in [0.4, 0.5) is 0 Å². The van der Waals surface area contributed by atoms with Crippen LogP contribution in [0.1, 0.15) is 18.4 Å². The van der Waals surface area contributed by atoms with Gasteiger partial charge in [0.05, 0.1) is 12.1 Å². The molecule has 0 unspecified atom stereocenters. The van der Waals surface area contributed by atoms with Gasteiger partial charge in [-0.05, 0) is 24.0 Å². The molecule has 1 aromatic carbocycles. The average molecular weight is 230 g/mol. The van der Waals surface area contributed by atoms with Crippen molar-refractivity contribution in [1.82, 2.24) is 0 Å². The number of benzene rings is 1. The van der Waals surface area contributed by atoms with E-state index in [1.807, 2.05) is 18.2 Å². The lowest BCUT2D eigenvalue weighted by molar-refractivity contribution is 1.16. The Bertz CT molecular complexity index is 357. The summed E-state index contributed by atoms with van der Waals surface area (Å²) in [6.45, 7) is 0. The largest absolute Gasteiger partial charge is 0.198 e. The molecule has 2 nitrogen and oxygen atoms in total. The van der Waals surface area contributed by atoms with Crippen molar-refractivity contribution in [2.45, 2.75) is 19.0 Å². The van der Waals surface area contributed by atoms with Crippen molar-refractivity contribution in [3.8, 4) is 12.1 Å². The van der Waals surface area contributed by atoms with Crippen LogP contribution in [0.25, 0.3) is 0 Å². The van der Waals surface area contributed by atoms with E-state index in [9.17, 15) is 0 Å². The Kier molecular flexibility index (Phi) is 6.24. The maximum atomic E-state index is 8.60. The van der Waals surface area contributed by atoms with Crippen molar-refractivity contribution < 1.29 is 0 Å². The zero-order chi connectivity index (χ0) is 11.6. The molecule has 0 aromatic heterocycles. The van der Waals surface area contributed by atoms with E-state index in [2.05, 4.69) is 24.3 Å². The second-order valence-electron chi connectivity index (χ2n) is 3.58. The van der Waals surface area contributed by atoms with Gasteiger partial charge in [-0.2, -0.15) is 10.5 Å². The van der Waals surface area contributed by atoms with Gasteiger partial charge in [0, 0.05) is 12.8 Å². The zero-order valence-corrected chi connectivity index (χ0v) is 10.2. The smallest absolute Gasteiger partial charge is 0.0625 e. The van der Waals surface area contributed by atoms with Gasteiger partial charge in [-0.15, -0.1) is 7.92 Å². The Hall–Kier alpha value is -1.37. The van der Waals surface area contributed by atoms with Crippen LogP contribution in [-0.2, 0) is 6.16 Å². The normalized spacial score (nSPS) is 9.69. The van der Waals surface area contributed by atoms with Crippen molar-refractivity contribution >= 4 is 7.92 Å². The molecule has 82 valence electrons. The van der Waals surface area contributed by atoms with Gasteiger partial charge in [0.25, 0.3) is 0 Å². The molecule has 1 rings (SSSR count). The van der Waals surface area contributed by atoms with Gasteiger partial charge >= 0.3 is 0 Å². The van der Waals surface area contributed by atoms with Crippen LogP contribution < -0.4 is 0 Å². The highest BCUT2D eigenvalue weighted by Crippen LogP contribution is 2.40. The Morgan fingerprint density at radius 1 is 0.938 bits per heavy atom. The van der Waals surface area contributed by atoms with Gasteiger partial charge in [0.15, 0.2) is 0 Å². The number of nitriles is 2. The summed E-state index contributed by atoms with van der Waals surface area (Å²) in [5.74, 6) is 0. The van der Waals surface area contributed by atoms with E-state index < -0.39 is 0 Å². The maximum Gasteiger partial charge on any atom is 0.0625 e. The molecule has 0 atom stereocenters. The molecule has 0 fully saturated rings. The first kappa shape index (κ1) is 12.7.